The van der Waals surface area contributed by atoms with Crippen molar-refractivity contribution in [1.82, 2.24) is 14.4 Å². The van der Waals surface area contributed by atoms with Crippen LogP contribution in [0.5, 0.6) is 5.75 Å². The van der Waals surface area contributed by atoms with Crippen molar-refractivity contribution in [3.8, 4) is 11.8 Å². The number of aliphatic imine (C=N–C) groups is 1. The molecule has 0 saturated heterocycles. The van der Waals surface area contributed by atoms with Crippen molar-refractivity contribution >= 4 is 28.7 Å². The van der Waals surface area contributed by atoms with Gasteiger partial charge >= 0.3 is 0 Å². The van der Waals surface area contributed by atoms with Gasteiger partial charge in [0.25, 0.3) is 5.56 Å². The predicted molar refractivity (Wildman–Crippen MR) is 98.1 cm³/mol. The quantitative estimate of drug-likeness (QED) is 0.546. The first-order chi connectivity index (χ1) is 12.6. The van der Waals surface area contributed by atoms with E-state index in [4.69, 9.17) is 0 Å². The number of nitrogens with one attached hydrogen (secondary N) is 1. The molecule has 0 saturated carbocycles. The van der Waals surface area contributed by atoms with Crippen LogP contribution in [0.2, 0.25) is 0 Å². The minimum atomic E-state index is -0.298. The fourth-order valence-corrected chi connectivity index (χ4v) is 2.96. The lowest BCUT2D eigenvalue weighted by Crippen LogP contribution is -2.20. The average Bonchev–Trinajstić information content (AvgIpc) is 3.02. The Morgan fingerprint density at radius 2 is 2.12 bits per heavy atom. The molecule has 0 fully saturated rings. The number of pyridine rings is 2. The summed E-state index contributed by atoms with van der Waals surface area (Å²) in [7, 11) is 0. The number of aromatic hydroxyl groups is 1. The maximum absolute atomic E-state index is 13.1. The van der Waals surface area contributed by atoms with Crippen LogP contribution in [0, 0.1) is 18.3 Å². The van der Waals surface area contributed by atoms with E-state index in [0.717, 1.165) is 5.52 Å². The fraction of sp³-hybridized carbons (Fsp3) is 0.0526. The van der Waals surface area contributed by atoms with Crippen LogP contribution in [-0.4, -0.2) is 25.7 Å². The van der Waals surface area contributed by atoms with Crippen molar-refractivity contribution in [3.05, 3.63) is 69.6 Å². The third-order valence-corrected chi connectivity index (χ3v) is 4.26. The lowest BCUT2D eigenvalue weighted by atomic mass is 10.1. The number of para-hydroxylation sites is 2. The Labute approximate surface area is 147 Å². The van der Waals surface area contributed by atoms with Crippen LogP contribution in [0.15, 0.2) is 52.4 Å². The third-order valence-electron chi connectivity index (χ3n) is 4.26. The second-order valence-electron chi connectivity index (χ2n) is 5.76. The van der Waals surface area contributed by atoms with Crippen molar-refractivity contribution in [1.29, 1.82) is 5.26 Å². The summed E-state index contributed by atoms with van der Waals surface area (Å²) in [6.45, 7) is 1.70. The summed E-state index contributed by atoms with van der Waals surface area (Å²) >= 11 is 0. The van der Waals surface area contributed by atoms with Crippen LogP contribution in [0.1, 0.15) is 16.7 Å². The number of rotatable bonds is 2. The lowest BCUT2D eigenvalue weighted by Gasteiger charge is -2.05. The van der Waals surface area contributed by atoms with Gasteiger partial charge in [0.05, 0.1) is 22.2 Å². The summed E-state index contributed by atoms with van der Waals surface area (Å²) in [6.07, 6.45) is 2.84. The van der Waals surface area contributed by atoms with Gasteiger partial charge in [-0.15, -0.1) is 0 Å². The van der Waals surface area contributed by atoms with Gasteiger partial charge in [-0.3, -0.25) is 9.20 Å². The smallest absolute Gasteiger partial charge is 0.265 e. The minimum absolute atomic E-state index is 0.0878. The Balaban J connectivity index is 2.04. The molecule has 4 aromatic rings. The van der Waals surface area contributed by atoms with Gasteiger partial charge in [-0.05, 0) is 36.8 Å². The fourth-order valence-electron chi connectivity index (χ4n) is 2.96. The molecule has 3 heterocycles. The second kappa shape index (κ2) is 5.86. The van der Waals surface area contributed by atoms with E-state index >= 15 is 0 Å². The third kappa shape index (κ3) is 2.24. The molecule has 3 aromatic heterocycles. The number of H-pyrrole nitrogens is 1. The molecule has 126 valence electrons. The van der Waals surface area contributed by atoms with Gasteiger partial charge in [-0.25, -0.2) is 9.98 Å². The molecule has 2 N–H and O–H groups in total. The van der Waals surface area contributed by atoms with Crippen molar-refractivity contribution in [2.75, 3.05) is 0 Å². The monoisotopic (exact) mass is 343 g/mol. The number of benzene rings is 1. The van der Waals surface area contributed by atoms with E-state index < -0.39 is 0 Å². The Bertz CT molecular complexity index is 1290. The van der Waals surface area contributed by atoms with Crippen LogP contribution in [0.25, 0.3) is 16.7 Å². The Hall–Kier alpha value is -3.92. The molecule has 0 radical (unpaired) electrons. The highest BCUT2D eigenvalue weighted by Crippen LogP contribution is 2.23. The molecular formula is C19H13N5O2. The zero-order valence-electron chi connectivity index (χ0n) is 13.8. The number of aromatic nitrogens is 3. The lowest BCUT2D eigenvalue weighted by molar-refractivity contribution is 0.474. The molecule has 4 rings (SSSR count). The Kier molecular flexibility index (Phi) is 3.52. The first-order valence-corrected chi connectivity index (χ1v) is 7.86. The SMILES string of the molecule is Cc1c(C=Nc2ncccc2O)c(=O)n2c([nH]c3ccccc32)c1C#N. The molecule has 0 aliphatic rings. The molecule has 7 nitrogen and oxygen atoms in total. The summed E-state index contributed by atoms with van der Waals surface area (Å²) in [5.41, 5.74) is 2.75. The van der Waals surface area contributed by atoms with Crippen LogP contribution in [0.4, 0.5) is 5.82 Å². The Morgan fingerprint density at radius 1 is 1.31 bits per heavy atom. The molecule has 0 atom stereocenters. The molecule has 1 aromatic carbocycles. The summed E-state index contributed by atoms with van der Waals surface area (Å²) in [4.78, 5) is 24.3. The maximum Gasteiger partial charge on any atom is 0.265 e. The highest BCUT2D eigenvalue weighted by molar-refractivity contribution is 5.89. The first kappa shape index (κ1) is 15.6. The zero-order chi connectivity index (χ0) is 18.3. The normalized spacial score (nSPS) is 11.4. The molecule has 0 amide bonds. The number of fused-ring (bicyclic) bond motifs is 3. The van der Waals surface area contributed by atoms with Gasteiger partial charge in [0.1, 0.15) is 11.7 Å². The van der Waals surface area contributed by atoms with E-state index in [1.165, 1.54) is 22.9 Å². The predicted octanol–water partition coefficient (Wildman–Crippen LogP) is 2.81. The summed E-state index contributed by atoms with van der Waals surface area (Å²) in [5, 5.41) is 19.4. The largest absolute Gasteiger partial charge is 0.504 e. The van der Waals surface area contributed by atoms with E-state index in [1.54, 1.807) is 13.0 Å². The highest BCUT2D eigenvalue weighted by Gasteiger charge is 2.17. The van der Waals surface area contributed by atoms with E-state index in [0.29, 0.717) is 22.3 Å². The summed E-state index contributed by atoms with van der Waals surface area (Å²) < 4.78 is 1.47. The number of hydrogen-bond donors (Lipinski definition) is 2. The van der Waals surface area contributed by atoms with Gasteiger partial charge in [0, 0.05) is 12.4 Å². The molecule has 0 aliphatic heterocycles. The van der Waals surface area contributed by atoms with Crippen molar-refractivity contribution in [2.45, 2.75) is 6.92 Å². The topological polar surface area (TPSA) is 107 Å². The van der Waals surface area contributed by atoms with Gasteiger partial charge in [0.15, 0.2) is 11.6 Å². The van der Waals surface area contributed by atoms with Crippen molar-refractivity contribution < 1.29 is 5.11 Å². The number of hydrogen-bond acceptors (Lipinski definition) is 5. The molecule has 0 unspecified atom stereocenters. The van der Waals surface area contributed by atoms with Crippen LogP contribution in [-0.2, 0) is 0 Å². The zero-order valence-corrected chi connectivity index (χ0v) is 13.8. The Morgan fingerprint density at radius 3 is 2.88 bits per heavy atom. The summed E-state index contributed by atoms with van der Waals surface area (Å²) in [5.74, 6) is 0.0176. The maximum atomic E-state index is 13.1. The number of nitrogens with zero attached hydrogens (tertiary/aromatic N) is 4. The standard InChI is InChI=1S/C19H13N5O2/c1-11-12(9-20)18-23-14-5-2-3-6-15(14)24(18)19(26)13(11)10-22-17-16(25)7-4-8-21-17/h2-8,10,23,25H,1H3. The molecular weight excluding hydrogens is 330 g/mol. The molecule has 26 heavy (non-hydrogen) atoms. The van der Waals surface area contributed by atoms with Gasteiger partial charge in [-0.2, -0.15) is 5.26 Å². The minimum Gasteiger partial charge on any atom is -0.504 e. The van der Waals surface area contributed by atoms with Crippen LogP contribution >= 0.6 is 0 Å². The number of imidazole rings is 1. The van der Waals surface area contributed by atoms with Crippen LogP contribution in [0.3, 0.4) is 0 Å². The second-order valence-corrected chi connectivity index (χ2v) is 5.76. The van der Waals surface area contributed by atoms with Gasteiger partial charge < -0.3 is 10.1 Å². The van der Waals surface area contributed by atoms with E-state index in [9.17, 15) is 15.2 Å². The summed E-state index contributed by atoms with van der Waals surface area (Å²) in [6, 6.07) is 12.5. The van der Waals surface area contributed by atoms with Crippen molar-refractivity contribution in [2.24, 2.45) is 4.99 Å². The molecule has 0 spiro atoms. The van der Waals surface area contributed by atoms with Crippen molar-refractivity contribution in [3.63, 3.8) is 0 Å². The average molecular weight is 343 g/mol. The number of nitriles is 1. The molecule has 7 heteroatoms. The van der Waals surface area contributed by atoms with E-state index in [2.05, 4.69) is 21.0 Å². The van der Waals surface area contributed by atoms with E-state index in [1.807, 2.05) is 24.3 Å². The molecule has 0 aliphatic carbocycles. The van der Waals surface area contributed by atoms with Gasteiger partial charge in [-0.1, -0.05) is 12.1 Å². The molecule has 0 bridgehead atoms. The van der Waals surface area contributed by atoms with E-state index in [-0.39, 0.29) is 22.7 Å². The van der Waals surface area contributed by atoms with Gasteiger partial charge in [0.2, 0.25) is 0 Å². The van der Waals surface area contributed by atoms with Crippen LogP contribution < -0.4 is 5.56 Å². The highest BCUT2D eigenvalue weighted by atomic mass is 16.3. The first-order valence-electron chi connectivity index (χ1n) is 7.86. The number of aromatic amines is 1.